The summed E-state index contributed by atoms with van der Waals surface area (Å²) in [6, 6.07) is 18.8. The maximum Gasteiger partial charge on any atom is 0.250 e. The third kappa shape index (κ3) is 8.12. The van der Waals surface area contributed by atoms with Crippen LogP contribution in [0.15, 0.2) is 70.7 Å². The molecule has 31 heavy (non-hydrogen) atoms. The van der Waals surface area contributed by atoms with Crippen molar-refractivity contribution in [1.82, 2.24) is 5.43 Å². The molecular weight excluding hydrogens is 681 g/mol. The van der Waals surface area contributed by atoms with Crippen molar-refractivity contribution in [1.29, 1.82) is 0 Å². The highest BCUT2D eigenvalue weighted by Crippen LogP contribution is 2.29. The number of thioether (sulfide) groups is 1. The predicted octanol–water partition coefficient (Wildman–Crippen LogP) is 7.02. The van der Waals surface area contributed by atoms with Crippen LogP contribution < -0.4 is 10.2 Å². The molecule has 0 aliphatic heterocycles. The SMILES string of the molecule is O=C(CSc1ccc(Cl)cc1)N/N=C\c1cc(I)c(OCc2ccc(Cl)cc2)c(I)c1. The Morgan fingerprint density at radius 3 is 2.19 bits per heavy atom. The van der Waals surface area contributed by atoms with Crippen LogP contribution in [0.1, 0.15) is 11.1 Å². The molecule has 0 unspecified atom stereocenters. The number of carbonyl (C=O) groups excluding carboxylic acids is 1. The molecular formula is C22H16Cl2I2N2O2S. The predicted molar refractivity (Wildman–Crippen MR) is 146 cm³/mol. The highest BCUT2D eigenvalue weighted by atomic mass is 127. The fourth-order valence-corrected chi connectivity index (χ4v) is 5.49. The molecule has 0 saturated carbocycles. The molecule has 4 nitrogen and oxygen atoms in total. The van der Waals surface area contributed by atoms with Crippen molar-refractivity contribution in [3.8, 4) is 5.75 Å². The lowest BCUT2D eigenvalue weighted by Gasteiger charge is -2.11. The van der Waals surface area contributed by atoms with Crippen LogP contribution >= 0.6 is 80.1 Å². The zero-order valence-electron chi connectivity index (χ0n) is 15.9. The van der Waals surface area contributed by atoms with Gasteiger partial charge in [-0.2, -0.15) is 5.10 Å². The summed E-state index contributed by atoms with van der Waals surface area (Å²) in [7, 11) is 0. The van der Waals surface area contributed by atoms with E-state index in [0.29, 0.717) is 16.7 Å². The molecule has 3 aromatic carbocycles. The number of hydrazone groups is 1. The zero-order chi connectivity index (χ0) is 22.2. The van der Waals surface area contributed by atoms with Crippen LogP contribution in [0.4, 0.5) is 0 Å². The first-order chi connectivity index (χ1) is 14.9. The minimum absolute atomic E-state index is 0.177. The van der Waals surface area contributed by atoms with E-state index in [4.69, 9.17) is 27.9 Å². The monoisotopic (exact) mass is 696 g/mol. The molecule has 1 amide bonds. The van der Waals surface area contributed by atoms with Crippen molar-refractivity contribution in [3.05, 3.63) is 89.0 Å². The Labute approximate surface area is 222 Å². The summed E-state index contributed by atoms with van der Waals surface area (Å²) >= 11 is 17.7. The molecule has 0 radical (unpaired) electrons. The highest BCUT2D eigenvalue weighted by Gasteiger charge is 2.09. The molecule has 0 aromatic heterocycles. The van der Waals surface area contributed by atoms with Crippen molar-refractivity contribution < 1.29 is 9.53 Å². The average molecular weight is 697 g/mol. The standard InChI is InChI=1S/C22H16Cl2I2N2O2S/c23-16-3-1-14(2-4-16)12-30-22-19(25)9-15(10-20(22)26)11-27-28-21(29)13-31-18-7-5-17(24)6-8-18/h1-11H,12-13H2,(H,28,29)/b27-11-. The van der Waals surface area contributed by atoms with Gasteiger partial charge in [-0.15, -0.1) is 11.8 Å². The second-order valence-corrected chi connectivity index (χ2v) is 10.5. The van der Waals surface area contributed by atoms with Gasteiger partial charge in [-0.05, 0) is 105 Å². The summed E-state index contributed by atoms with van der Waals surface area (Å²) < 4.78 is 7.91. The van der Waals surface area contributed by atoms with Crippen LogP contribution in [0.2, 0.25) is 10.0 Å². The lowest BCUT2D eigenvalue weighted by atomic mass is 10.2. The van der Waals surface area contributed by atoms with Crippen LogP contribution in [0.3, 0.4) is 0 Å². The molecule has 3 rings (SSSR count). The number of carbonyl (C=O) groups is 1. The topological polar surface area (TPSA) is 50.7 Å². The maximum absolute atomic E-state index is 12.0. The first kappa shape index (κ1) is 24.6. The van der Waals surface area contributed by atoms with Crippen molar-refractivity contribution in [2.24, 2.45) is 5.10 Å². The number of benzene rings is 3. The number of hydrogen-bond acceptors (Lipinski definition) is 4. The molecule has 0 saturated heterocycles. The van der Waals surface area contributed by atoms with Gasteiger partial charge in [0.15, 0.2) is 0 Å². The van der Waals surface area contributed by atoms with Crippen molar-refractivity contribution >= 4 is 92.3 Å². The van der Waals surface area contributed by atoms with Crippen LogP contribution in [0, 0.1) is 7.14 Å². The van der Waals surface area contributed by atoms with Gasteiger partial charge in [0.05, 0.1) is 19.1 Å². The smallest absolute Gasteiger partial charge is 0.250 e. The van der Waals surface area contributed by atoms with E-state index in [1.165, 1.54) is 11.8 Å². The van der Waals surface area contributed by atoms with Gasteiger partial charge in [0, 0.05) is 14.9 Å². The second-order valence-electron chi connectivity index (χ2n) is 6.26. The van der Waals surface area contributed by atoms with E-state index in [-0.39, 0.29) is 11.7 Å². The minimum Gasteiger partial charge on any atom is -0.487 e. The molecule has 0 heterocycles. The number of amides is 1. The average Bonchev–Trinajstić information content (AvgIpc) is 2.74. The van der Waals surface area contributed by atoms with E-state index in [1.807, 2.05) is 48.5 Å². The fraction of sp³-hybridized carbons (Fsp3) is 0.0909. The molecule has 160 valence electrons. The van der Waals surface area contributed by atoms with E-state index >= 15 is 0 Å². The number of halogens is 4. The lowest BCUT2D eigenvalue weighted by molar-refractivity contribution is -0.118. The van der Waals surface area contributed by atoms with E-state index < -0.39 is 0 Å². The summed E-state index contributed by atoms with van der Waals surface area (Å²) in [5, 5.41) is 5.43. The van der Waals surface area contributed by atoms with E-state index in [9.17, 15) is 4.79 Å². The van der Waals surface area contributed by atoms with Crippen LogP contribution in [-0.2, 0) is 11.4 Å². The number of ether oxygens (including phenoxy) is 1. The molecule has 9 heteroatoms. The first-order valence-corrected chi connectivity index (χ1v) is 12.9. The molecule has 0 aliphatic rings. The molecule has 3 aromatic rings. The lowest BCUT2D eigenvalue weighted by Crippen LogP contribution is -2.19. The zero-order valence-corrected chi connectivity index (χ0v) is 22.6. The Bertz CT molecular complexity index is 1050. The molecule has 1 N–H and O–H groups in total. The van der Waals surface area contributed by atoms with E-state index in [1.54, 1.807) is 18.3 Å². The maximum atomic E-state index is 12.0. The number of nitrogens with one attached hydrogen (secondary N) is 1. The first-order valence-electron chi connectivity index (χ1n) is 8.97. The van der Waals surface area contributed by atoms with Crippen LogP contribution in [0.25, 0.3) is 0 Å². The second kappa shape index (κ2) is 12.3. The normalized spacial score (nSPS) is 11.0. The molecule has 0 aliphatic carbocycles. The van der Waals surface area contributed by atoms with Gasteiger partial charge >= 0.3 is 0 Å². The Morgan fingerprint density at radius 2 is 1.58 bits per heavy atom. The quantitative estimate of drug-likeness (QED) is 0.119. The third-order valence-electron chi connectivity index (χ3n) is 3.90. The molecule has 0 fully saturated rings. The van der Waals surface area contributed by atoms with E-state index in [2.05, 4.69) is 55.7 Å². The number of nitrogens with zero attached hydrogens (tertiary/aromatic N) is 1. The summed E-state index contributed by atoms with van der Waals surface area (Å²) in [5.41, 5.74) is 4.47. The Balaban J connectivity index is 1.52. The van der Waals surface area contributed by atoms with Gasteiger partial charge in [0.25, 0.3) is 0 Å². The summed E-state index contributed by atoms with van der Waals surface area (Å²) in [6.07, 6.45) is 1.62. The van der Waals surface area contributed by atoms with Gasteiger partial charge in [-0.3, -0.25) is 4.79 Å². The number of rotatable bonds is 8. The molecule has 0 bridgehead atoms. The van der Waals surface area contributed by atoms with Crippen molar-refractivity contribution in [3.63, 3.8) is 0 Å². The third-order valence-corrected chi connectivity index (χ3v) is 7.02. The van der Waals surface area contributed by atoms with Gasteiger partial charge < -0.3 is 4.74 Å². The number of hydrogen-bond donors (Lipinski definition) is 1. The summed E-state index contributed by atoms with van der Waals surface area (Å²) in [5.74, 6) is 0.908. The van der Waals surface area contributed by atoms with E-state index in [0.717, 1.165) is 28.9 Å². The van der Waals surface area contributed by atoms with Gasteiger partial charge in [-0.1, -0.05) is 35.3 Å². The molecule has 0 spiro atoms. The summed E-state index contributed by atoms with van der Waals surface area (Å²) in [6.45, 7) is 0.456. The largest absolute Gasteiger partial charge is 0.487 e. The molecule has 0 atom stereocenters. The Kier molecular flexibility index (Phi) is 9.76. The minimum atomic E-state index is -0.177. The van der Waals surface area contributed by atoms with Gasteiger partial charge in [0.1, 0.15) is 12.4 Å². The van der Waals surface area contributed by atoms with Crippen molar-refractivity contribution in [2.75, 3.05) is 5.75 Å². The van der Waals surface area contributed by atoms with Crippen molar-refractivity contribution in [2.45, 2.75) is 11.5 Å². The van der Waals surface area contributed by atoms with Crippen LogP contribution in [0.5, 0.6) is 5.75 Å². The van der Waals surface area contributed by atoms with Gasteiger partial charge in [0.2, 0.25) is 5.91 Å². The Hall–Kier alpha value is -1.01. The van der Waals surface area contributed by atoms with Gasteiger partial charge in [-0.25, -0.2) is 5.43 Å². The fourth-order valence-electron chi connectivity index (χ4n) is 2.42. The van der Waals surface area contributed by atoms with Crippen LogP contribution in [-0.4, -0.2) is 17.9 Å². The summed E-state index contributed by atoms with van der Waals surface area (Å²) in [4.78, 5) is 13.0. The highest BCUT2D eigenvalue weighted by molar-refractivity contribution is 14.1. The Morgan fingerprint density at radius 1 is 1.00 bits per heavy atom.